The fraction of sp³-hybridized carbons (Fsp3) is 0.429. The molecule has 0 bridgehead atoms. The Morgan fingerprint density at radius 2 is 1.76 bits per heavy atom. The lowest BCUT2D eigenvalue weighted by Gasteiger charge is -2.17. The normalized spacial score (nSPS) is 12.0. The van der Waals surface area contributed by atoms with Gasteiger partial charge in [-0.05, 0) is 17.7 Å². The average molecular weight is 293 g/mol. The Hall–Kier alpha value is -2.28. The van der Waals surface area contributed by atoms with E-state index in [1.807, 2.05) is 0 Å². The number of hydrogen-bond donors (Lipinski definition) is 1. The van der Waals surface area contributed by atoms with Crippen LogP contribution >= 0.6 is 0 Å². The molecule has 1 unspecified atom stereocenters. The molecule has 1 heterocycles. The average Bonchev–Trinajstić information content (AvgIpc) is 2.90. The van der Waals surface area contributed by atoms with Gasteiger partial charge in [-0.25, -0.2) is 4.98 Å². The van der Waals surface area contributed by atoms with Gasteiger partial charge in [0.05, 0.1) is 27.4 Å². The summed E-state index contributed by atoms with van der Waals surface area (Å²) in [5.74, 6) is 2.19. The second-order valence-electron chi connectivity index (χ2n) is 4.48. The van der Waals surface area contributed by atoms with E-state index in [4.69, 9.17) is 14.2 Å². The Balaban J connectivity index is 2.32. The van der Waals surface area contributed by atoms with Crippen molar-refractivity contribution < 1.29 is 19.3 Å². The molecular formula is C14H19N3O4. The summed E-state index contributed by atoms with van der Waals surface area (Å²) in [4.78, 5) is 4.10. The highest BCUT2D eigenvalue weighted by molar-refractivity contribution is 5.54. The molecule has 1 N–H and O–H groups in total. The molecule has 0 saturated carbocycles. The molecule has 2 rings (SSSR count). The number of aromatic nitrogens is 3. The summed E-state index contributed by atoms with van der Waals surface area (Å²) >= 11 is 0. The lowest BCUT2D eigenvalue weighted by atomic mass is 10.0. The zero-order valence-electron chi connectivity index (χ0n) is 12.5. The van der Waals surface area contributed by atoms with Crippen LogP contribution in [-0.4, -0.2) is 41.2 Å². The van der Waals surface area contributed by atoms with Crippen molar-refractivity contribution in [2.24, 2.45) is 7.05 Å². The molecule has 7 nitrogen and oxygen atoms in total. The quantitative estimate of drug-likeness (QED) is 0.860. The van der Waals surface area contributed by atoms with Crippen molar-refractivity contribution in [3.8, 4) is 17.2 Å². The minimum Gasteiger partial charge on any atom is -0.493 e. The number of ether oxygens (including phenoxy) is 3. The third kappa shape index (κ3) is 3.08. The topological polar surface area (TPSA) is 78.6 Å². The largest absolute Gasteiger partial charge is 0.493 e. The molecule has 7 heteroatoms. The molecule has 0 aliphatic heterocycles. The van der Waals surface area contributed by atoms with E-state index in [-0.39, 0.29) is 0 Å². The fourth-order valence-corrected chi connectivity index (χ4v) is 2.09. The van der Waals surface area contributed by atoms with E-state index in [9.17, 15) is 5.11 Å². The van der Waals surface area contributed by atoms with Gasteiger partial charge in [0, 0.05) is 13.5 Å². The molecule has 1 aromatic carbocycles. The number of aryl methyl sites for hydroxylation is 1. The first-order valence-corrected chi connectivity index (χ1v) is 6.41. The molecule has 1 atom stereocenters. The molecule has 21 heavy (non-hydrogen) atoms. The van der Waals surface area contributed by atoms with E-state index in [0.717, 1.165) is 0 Å². The third-order valence-corrected chi connectivity index (χ3v) is 3.25. The summed E-state index contributed by atoms with van der Waals surface area (Å²) in [5, 5.41) is 14.4. The lowest BCUT2D eigenvalue weighted by Crippen LogP contribution is -2.08. The van der Waals surface area contributed by atoms with Crippen molar-refractivity contribution >= 4 is 0 Å². The van der Waals surface area contributed by atoms with Crippen LogP contribution in [0.5, 0.6) is 17.2 Å². The molecule has 0 aliphatic rings. The van der Waals surface area contributed by atoms with Crippen LogP contribution in [-0.2, 0) is 13.5 Å². The first-order chi connectivity index (χ1) is 10.1. The molecule has 0 saturated heterocycles. The summed E-state index contributed by atoms with van der Waals surface area (Å²) in [6.07, 6.45) is 1.05. The number of aliphatic hydroxyl groups is 1. The van der Waals surface area contributed by atoms with Crippen molar-refractivity contribution in [2.45, 2.75) is 12.5 Å². The first kappa shape index (κ1) is 15.1. The van der Waals surface area contributed by atoms with E-state index in [2.05, 4.69) is 10.1 Å². The van der Waals surface area contributed by atoms with Gasteiger partial charge in [-0.15, -0.1) is 0 Å². The van der Waals surface area contributed by atoms with Gasteiger partial charge in [-0.3, -0.25) is 4.68 Å². The van der Waals surface area contributed by atoms with E-state index in [0.29, 0.717) is 35.1 Å². The highest BCUT2D eigenvalue weighted by Gasteiger charge is 2.18. The maximum Gasteiger partial charge on any atom is 0.203 e. The number of rotatable bonds is 6. The second-order valence-corrected chi connectivity index (χ2v) is 4.48. The molecule has 0 radical (unpaired) electrons. The molecule has 2 aromatic rings. The van der Waals surface area contributed by atoms with Crippen molar-refractivity contribution in [3.63, 3.8) is 0 Å². The van der Waals surface area contributed by atoms with Gasteiger partial charge >= 0.3 is 0 Å². The Morgan fingerprint density at radius 1 is 1.14 bits per heavy atom. The summed E-state index contributed by atoms with van der Waals surface area (Å²) in [5.41, 5.74) is 0.660. The number of aliphatic hydroxyl groups excluding tert-OH is 1. The maximum atomic E-state index is 10.4. The van der Waals surface area contributed by atoms with Crippen LogP contribution in [0.1, 0.15) is 17.5 Å². The first-order valence-electron chi connectivity index (χ1n) is 6.41. The van der Waals surface area contributed by atoms with Crippen molar-refractivity contribution in [2.75, 3.05) is 21.3 Å². The van der Waals surface area contributed by atoms with E-state index < -0.39 is 6.10 Å². The molecule has 114 valence electrons. The van der Waals surface area contributed by atoms with E-state index in [1.165, 1.54) is 27.7 Å². The zero-order chi connectivity index (χ0) is 15.4. The van der Waals surface area contributed by atoms with Crippen molar-refractivity contribution in [1.82, 2.24) is 14.8 Å². The summed E-state index contributed by atoms with van der Waals surface area (Å²) in [6, 6.07) is 3.45. The zero-order valence-corrected chi connectivity index (χ0v) is 12.5. The second kappa shape index (κ2) is 6.45. The molecule has 0 spiro atoms. The minimum absolute atomic E-state index is 0.342. The Kier molecular flexibility index (Phi) is 4.64. The van der Waals surface area contributed by atoms with Crippen molar-refractivity contribution in [1.29, 1.82) is 0 Å². The van der Waals surface area contributed by atoms with Gasteiger partial charge in [0.25, 0.3) is 0 Å². The van der Waals surface area contributed by atoms with Gasteiger partial charge in [-0.2, -0.15) is 5.10 Å². The number of methoxy groups -OCH3 is 3. The highest BCUT2D eigenvalue weighted by atomic mass is 16.5. The maximum absolute atomic E-state index is 10.4. The van der Waals surface area contributed by atoms with Gasteiger partial charge in [-0.1, -0.05) is 0 Å². The molecule has 0 aliphatic carbocycles. The Morgan fingerprint density at radius 3 is 2.19 bits per heavy atom. The van der Waals surface area contributed by atoms with Gasteiger partial charge < -0.3 is 19.3 Å². The van der Waals surface area contributed by atoms with Crippen LogP contribution < -0.4 is 14.2 Å². The number of benzene rings is 1. The van der Waals surface area contributed by atoms with Gasteiger partial charge in [0.1, 0.15) is 12.2 Å². The molecule has 1 aromatic heterocycles. The van der Waals surface area contributed by atoms with E-state index >= 15 is 0 Å². The van der Waals surface area contributed by atoms with Crippen LogP contribution in [0.4, 0.5) is 0 Å². The molecule has 0 amide bonds. The van der Waals surface area contributed by atoms with Crippen LogP contribution in [0.15, 0.2) is 18.5 Å². The van der Waals surface area contributed by atoms with Gasteiger partial charge in [0.2, 0.25) is 5.75 Å². The SMILES string of the molecule is COc1cc(C(O)Cc2ncnn2C)cc(OC)c1OC. The van der Waals surface area contributed by atoms with Crippen LogP contribution in [0.25, 0.3) is 0 Å². The highest BCUT2D eigenvalue weighted by Crippen LogP contribution is 2.40. The third-order valence-electron chi connectivity index (χ3n) is 3.25. The lowest BCUT2D eigenvalue weighted by molar-refractivity contribution is 0.173. The summed E-state index contributed by atoms with van der Waals surface area (Å²) in [7, 11) is 6.40. The van der Waals surface area contributed by atoms with Crippen LogP contribution in [0.2, 0.25) is 0 Å². The minimum atomic E-state index is -0.749. The monoisotopic (exact) mass is 293 g/mol. The number of hydrogen-bond acceptors (Lipinski definition) is 6. The van der Waals surface area contributed by atoms with Gasteiger partial charge in [0.15, 0.2) is 11.5 Å². The Bertz CT molecular complexity index is 587. The van der Waals surface area contributed by atoms with Crippen molar-refractivity contribution in [3.05, 3.63) is 29.8 Å². The summed E-state index contributed by atoms with van der Waals surface area (Å²) in [6.45, 7) is 0. The van der Waals surface area contributed by atoms with Crippen LogP contribution in [0, 0.1) is 0 Å². The Labute approximate surface area is 123 Å². The smallest absolute Gasteiger partial charge is 0.203 e. The fourth-order valence-electron chi connectivity index (χ4n) is 2.09. The molecule has 0 fully saturated rings. The predicted molar refractivity (Wildman–Crippen MR) is 75.8 cm³/mol. The predicted octanol–water partition coefficient (Wildman–Crippen LogP) is 1.12. The standard InChI is InChI=1S/C14H19N3O4/c1-17-13(15-8-16-17)7-10(18)9-5-11(19-2)14(21-4)12(6-9)20-3/h5-6,8,10,18H,7H2,1-4H3. The van der Waals surface area contributed by atoms with E-state index in [1.54, 1.807) is 23.9 Å². The molecular weight excluding hydrogens is 274 g/mol. The number of nitrogens with zero attached hydrogens (tertiary/aromatic N) is 3. The summed E-state index contributed by atoms with van der Waals surface area (Å²) < 4.78 is 17.4. The van der Waals surface area contributed by atoms with Crippen LogP contribution in [0.3, 0.4) is 0 Å².